The summed E-state index contributed by atoms with van der Waals surface area (Å²) in [7, 11) is 1.72. The number of carboxylic acids is 1. The number of nitrogens with one attached hydrogen (secondary N) is 1. The zero-order valence-electron chi connectivity index (χ0n) is 13.1. The number of aliphatic carboxylic acids is 1. The summed E-state index contributed by atoms with van der Waals surface area (Å²) in [5.74, 6) is -0.394. The highest BCUT2D eigenvalue weighted by Crippen LogP contribution is 2.28. The summed E-state index contributed by atoms with van der Waals surface area (Å²) < 4.78 is 1.53. The van der Waals surface area contributed by atoms with Gasteiger partial charge in [-0.1, -0.05) is 32.1 Å². The van der Waals surface area contributed by atoms with E-state index in [1.807, 2.05) is 0 Å². The summed E-state index contributed by atoms with van der Waals surface area (Å²) in [6.07, 6.45) is 9.17. The fourth-order valence-electron chi connectivity index (χ4n) is 3.23. The van der Waals surface area contributed by atoms with Crippen LogP contribution in [-0.2, 0) is 11.8 Å². The minimum absolute atomic E-state index is 0.0819. The van der Waals surface area contributed by atoms with Crippen LogP contribution in [0.25, 0.3) is 0 Å². The Kier molecular flexibility index (Phi) is 5.98. The Hall–Kier alpha value is -1.85. The van der Waals surface area contributed by atoms with Crippen molar-refractivity contribution in [3.63, 3.8) is 0 Å². The van der Waals surface area contributed by atoms with Crippen molar-refractivity contribution in [2.45, 2.75) is 57.4 Å². The molecule has 1 saturated carbocycles. The number of aromatic nitrogens is 2. The van der Waals surface area contributed by atoms with E-state index in [0.717, 1.165) is 6.42 Å². The smallest absolute Gasteiger partial charge is 0.303 e. The molecule has 0 radical (unpaired) electrons. The van der Waals surface area contributed by atoms with E-state index in [2.05, 4.69) is 10.4 Å². The lowest BCUT2D eigenvalue weighted by Crippen LogP contribution is -2.38. The topological polar surface area (TPSA) is 84.2 Å². The molecule has 6 nitrogen and oxygen atoms in total. The molecule has 1 aliphatic carbocycles. The maximum Gasteiger partial charge on any atom is 0.303 e. The van der Waals surface area contributed by atoms with Gasteiger partial charge in [-0.2, -0.15) is 5.10 Å². The zero-order valence-corrected chi connectivity index (χ0v) is 13.1. The summed E-state index contributed by atoms with van der Waals surface area (Å²) >= 11 is 0. The lowest BCUT2D eigenvalue weighted by atomic mass is 9.84. The van der Waals surface area contributed by atoms with Gasteiger partial charge in [-0.05, 0) is 24.8 Å². The second kappa shape index (κ2) is 7.96. The lowest BCUT2D eigenvalue weighted by Gasteiger charge is -2.27. The molecule has 22 heavy (non-hydrogen) atoms. The van der Waals surface area contributed by atoms with Crippen molar-refractivity contribution in [1.29, 1.82) is 0 Å². The molecule has 2 N–H and O–H groups in total. The Bertz CT molecular complexity index is 506. The quantitative estimate of drug-likeness (QED) is 0.810. The third kappa shape index (κ3) is 4.86. The number of aryl methyl sites for hydroxylation is 1. The first kappa shape index (κ1) is 16.5. The minimum atomic E-state index is -0.816. The van der Waals surface area contributed by atoms with Crippen LogP contribution in [-0.4, -0.2) is 32.8 Å². The zero-order chi connectivity index (χ0) is 15.9. The number of hydrogen-bond acceptors (Lipinski definition) is 3. The fourth-order valence-corrected chi connectivity index (χ4v) is 3.23. The highest BCUT2D eigenvalue weighted by Gasteiger charge is 2.22. The summed E-state index contributed by atoms with van der Waals surface area (Å²) in [6, 6.07) is 1.59. The summed E-state index contributed by atoms with van der Waals surface area (Å²) in [6.45, 7) is 0. The van der Waals surface area contributed by atoms with Crippen LogP contribution < -0.4 is 5.32 Å². The van der Waals surface area contributed by atoms with Crippen molar-refractivity contribution >= 4 is 11.9 Å². The molecule has 1 fully saturated rings. The molecule has 0 aliphatic heterocycles. The van der Waals surface area contributed by atoms with Crippen LogP contribution in [0.15, 0.2) is 12.3 Å². The van der Waals surface area contributed by atoms with Gasteiger partial charge in [0.05, 0.1) is 0 Å². The summed E-state index contributed by atoms with van der Waals surface area (Å²) in [4.78, 5) is 23.1. The Labute approximate surface area is 130 Å². The first-order valence-corrected chi connectivity index (χ1v) is 8.07. The van der Waals surface area contributed by atoms with Crippen LogP contribution in [0.3, 0.4) is 0 Å². The van der Waals surface area contributed by atoms with Crippen molar-refractivity contribution in [2.24, 2.45) is 13.0 Å². The number of amides is 1. The molecule has 1 unspecified atom stereocenters. The second-order valence-electron chi connectivity index (χ2n) is 6.18. The van der Waals surface area contributed by atoms with Gasteiger partial charge in [0.25, 0.3) is 5.91 Å². The Morgan fingerprint density at radius 1 is 1.41 bits per heavy atom. The number of carbonyl (C=O) groups is 2. The van der Waals surface area contributed by atoms with Gasteiger partial charge < -0.3 is 10.4 Å². The minimum Gasteiger partial charge on any atom is -0.481 e. The predicted octanol–water partition coefficient (Wildman–Crippen LogP) is 2.35. The normalized spacial score (nSPS) is 17.1. The Morgan fingerprint density at radius 2 is 2.14 bits per heavy atom. The number of hydrogen-bond donors (Lipinski definition) is 2. The lowest BCUT2D eigenvalue weighted by molar-refractivity contribution is -0.137. The predicted molar refractivity (Wildman–Crippen MR) is 82.5 cm³/mol. The summed E-state index contributed by atoms with van der Waals surface area (Å²) in [5, 5.41) is 15.9. The average molecular weight is 307 g/mol. The van der Waals surface area contributed by atoms with Gasteiger partial charge in [0.1, 0.15) is 5.69 Å². The molecule has 2 rings (SSSR count). The highest BCUT2D eigenvalue weighted by molar-refractivity contribution is 5.92. The van der Waals surface area contributed by atoms with Gasteiger partial charge in [0.15, 0.2) is 0 Å². The Balaban J connectivity index is 1.95. The average Bonchev–Trinajstić information content (AvgIpc) is 2.92. The van der Waals surface area contributed by atoms with Crippen molar-refractivity contribution in [1.82, 2.24) is 15.1 Å². The molecule has 1 aromatic heterocycles. The largest absolute Gasteiger partial charge is 0.481 e. The maximum atomic E-state index is 12.3. The van der Waals surface area contributed by atoms with E-state index in [0.29, 0.717) is 18.0 Å². The van der Waals surface area contributed by atoms with Gasteiger partial charge in [-0.25, -0.2) is 0 Å². The fraction of sp³-hybridized carbons (Fsp3) is 0.688. The molecule has 1 aromatic rings. The number of rotatable bonds is 7. The maximum absolute atomic E-state index is 12.3. The number of carboxylic acid groups (broad SMARTS) is 1. The van der Waals surface area contributed by atoms with E-state index < -0.39 is 5.97 Å². The summed E-state index contributed by atoms with van der Waals surface area (Å²) in [5.41, 5.74) is 0.504. The van der Waals surface area contributed by atoms with Gasteiger partial charge in [0.2, 0.25) is 0 Å². The van der Waals surface area contributed by atoms with Crippen LogP contribution in [0.1, 0.15) is 61.9 Å². The molecule has 1 atom stereocenters. The van der Waals surface area contributed by atoms with Crippen LogP contribution in [0, 0.1) is 5.92 Å². The third-order valence-corrected chi connectivity index (χ3v) is 4.44. The first-order valence-electron chi connectivity index (χ1n) is 8.07. The monoisotopic (exact) mass is 307 g/mol. The molecule has 122 valence electrons. The van der Waals surface area contributed by atoms with Crippen LogP contribution in [0.4, 0.5) is 0 Å². The number of carbonyl (C=O) groups excluding carboxylic acids is 1. The van der Waals surface area contributed by atoms with Gasteiger partial charge in [-0.3, -0.25) is 14.3 Å². The van der Waals surface area contributed by atoms with E-state index in [1.165, 1.54) is 36.8 Å². The molecule has 0 bridgehead atoms. The van der Waals surface area contributed by atoms with E-state index in [4.69, 9.17) is 5.11 Å². The second-order valence-corrected chi connectivity index (χ2v) is 6.18. The van der Waals surface area contributed by atoms with E-state index in [9.17, 15) is 9.59 Å². The first-order chi connectivity index (χ1) is 10.6. The van der Waals surface area contributed by atoms with Crippen molar-refractivity contribution < 1.29 is 14.7 Å². The van der Waals surface area contributed by atoms with Crippen LogP contribution in [0.2, 0.25) is 0 Å². The van der Waals surface area contributed by atoms with Gasteiger partial charge >= 0.3 is 5.97 Å². The van der Waals surface area contributed by atoms with Crippen LogP contribution >= 0.6 is 0 Å². The van der Waals surface area contributed by atoms with Crippen LogP contribution in [0.5, 0.6) is 0 Å². The van der Waals surface area contributed by atoms with E-state index in [-0.39, 0.29) is 18.4 Å². The number of nitrogens with zero attached hydrogens (tertiary/aromatic N) is 2. The Morgan fingerprint density at radius 3 is 2.73 bits per heavy atom. The standard InChI is InChI=1S/C16H25N3O3/c1-19-14(9-10-17-19)16(22)18-13(7-8-15(20)21)11-12-5-3-2-4-6-12/h9-10,12-13H,2-8,11H2,1H3,(H,18,22)(H,20,21). The van der Waals surface area contributed by atoms with Crippen molar-refractivity contribution in [3.05, 3.63) is 18.0 Å². The van der Waals surface area contributed by atoms with Gasteiger partial charge in [0, 0.05) is 25.7 Å². The highest BCUT2D eigenvalue weighted by atomic mass is 16.4. The van der Waals surface area contributed by atoms with E-state index in [1.54, 1.807) is 19.3 Å². The SMILES string of the molecule is Cn1nccc1C(=O)NC(CCC(=O)O)CC1CCCCC1. The molecular weight excluding hydrogens is 282 g/mol. The molecule has 0 aromatic carbocycles. The molecule has 1 heterocycles. The molecular formula is C16H25N3O3. The molecule has 6 heteroatoms. The molecule has 1 amide bonds. The molecule has 0 saturated heterocycles. The third-order valence-electron chi connectivity index (χ3n) is 4.44. The van der Waals surface area contributed by atoms with E-state index >= 15 is 0 Å². The molecule has 1 aliphatic rings. The van der Waals surface area contributed by atoms with Crippen molar-refractivity contribution in [3.8, 4) is 0 Å². The van der Waals surface area contributed by atoms with Gasteiger partial charge in [-0.15, -0.1) is 0 Å². The molecule has 0 spiro atoms. The van der Waals surface area contributed by atoms with Crippen molar-refractivity contribution in [2.75, 3.05) is 0 Å².